The molecule has 2 aromatic carbocycles. The Bertz CT molecular complexity index is 959. The van der Waals surface area contributed by atoms with E-state index in [1.807, 2.05) is 20.8 Å². The molecule has 0 saturated carbocycles. The standard InChI is InChI=1S/C21H19F3N2O2/c1-20(2,3)25-12-17-15-9-4-5-10-16(15)18(27)26(19(17)28)14-8-6-7-13(11-14)21(22,23)24/h4-12,17H,1-3H3. The van der Waals surface area contributed by atoms with Crippen LogP contribution in [0.2, 0.25) is 0 Å². The van der Waals surface area contributed by atoms with E-state index in [0.29, 0.717) is 5.56 Å². The van der Waals surface area contributed by atoms with Crippen LogP contribution in [0.5, 0.6) is 0 Å². The maximum absolute atomic E-state index is 13.1. The topological polar surface area (TPSA) is 49.7 Å². The Hall–Kier alpha value is -2.96. The SMILES string of the molecule is CC(C)(C)N=CC1C(=O)N(c2cccc(C(F)(F)F)c2)C(=O)c2ccccc21. The van der Waals surface area contributed by atoms with Gasteiger partial charge in [0, 0.05) is 11.8 Å². The Morgan fingerprint density at radius 2 is 1.68 bits per heavy atom. The van der Waals surface area contributed by atoms with Gasteiger partial charge < -0.3 is 0 Å². The third-order valence-corrected chi connectivity index (χ3v) is 4.26. The molecule has 0 saturated heterocycles. The van der Waals surface area contributed by atoms with Gasteiger partial charge in [0.05, 0.1) is 22.7 Å². The molecule has 3 rings (SSSR count). The van der Waals surface area contributed by atoms with E-state index in [0.717, 1.165) is 17.0 Å². The molecule has 0 N–H and O–H groups in total. The van der Waals surface area contributed by atoms with Crippen molar-refractivity contribution in [3.8, 4) is 0 Å². The van der Waals surface area contributed by atoms with Crippen LogP contribution in [0, 0.1) is 0 Å². The summed E-state index contributed by atoms with van der Waals surface area (Å²) in [5.41, 5.74) is -0.728. The normalized spacial score (nSPS) is 17.9. The number of carbonyl (C=O) groups is 2. The molecule has 4 nitrogen and oxygen atoms in total. The van der Waals surface area contributed by atoms with Crippen molar-refractivity contribution in [3.05, 3.63) is 65.2 Å². The highest BCUT2D eigenvalue weighted by molar-refractivity contribution is 6.29. The Kier molecular flexibility index (Phi) is 4.87. The smallest absolute Gasteiger partial charge is 0.291 e. The van der Waals surface area contributed by atoms with E-state index in [1.54, 1.807) is 24.3 Å². The first-order valence-corrected chi connectivity index (χ1v) is 8.69. The van der Waals surface area contributed by atoms with Crippen LogP contribution in [-0.2, 0) is 11.0 Å². The molecule has 1 unspecified atom stereocenters. The van der Waals surface area contributed by atoms with Crippen molar-refractivity contribution in [3.63, 3.8) is 0 Å². The third kappa shape index (κ3) is 3.83. The summed E-state index contributed by atoms with van der Waals surface area (Å²) in [6.07, 6.45) is -3.11. The van der Waals surface area contributed by atoms with Crippen LogP contribution in [-0.4, -0.2) is 23.6 Å². The summed E-state index contributed by atoms with van der Waals surface area (Å²) in [4.78, 5) is 31.2. The molecule has 0 spiro atoms. The molecule has 1 heterocycles. The molecule has 28 heavy (non-hydrogen) atoms. The number of carbonyl (C=O) groups excluding carboxylic acids is 2. The summed E-state index contributed by atoms with van der Waals surface area (Å²) in [7, 11) is 0. The molecule has 2 aromatic rings. The summed E-state index contributed by atoms with van der Waals surface area (Å²) in [6.45, 7) is 5.58. The molecule has 1 aliphatic rings. The number of imide groups is 1. The van der Waals surface area contributed by atoms with Gasteiger partial charge in [-0.3, -0.25) is 14.6 Å². The molecule has 1 atom stereocenters. The van der Waals surface area contributed by atoms with Crippen LogP contribution in [0.15, 0.2) is 53.5 Å². The van der Waals surface area contributed by atoms with E-state index >= 15 is 0 Å². The molecule has 0 aromatic heterocycles. The second-order valence-corrected chi connectivity index (χ2v) is 7.54. The molecule has 0 bridgehead atoms. The zero-order chi connectivity index (χ0) is 20.7. The number of halogens is 3. The fourth-order valence-electron chi connectivity index (χ4n) is 2.96. The van der Waals surface area contributed by atoms with E-state index in [4.69, 9.17) is 0 Å². The van der Waals surface area contributed by atoms with E-state index in [1.165, 1.54) is 18.3 Å². The van der Waals surface area contributed by atoms with Crippen molar-refractivity contribution in [2.75, 3.05) is 4.90 Å². The van der Waals surface area contributed by atoms with Crippen molar-refractivity contribution < 1.29 is 22.8 Å². The van der Waals surface area contributed by atoms with Crippen LogP contribution in [0.1, 0.15) is 48.2 Å². The van der Waals surface area contributed by atoms with Gasteiger partial charge in [0.1, 0.15) is 0 Å². The minimum absolute atomic E-state index is 0.117. The number of nitrogens with zero attached hydrogens (tertiary/aromatic N) is 2. The number of benzene rings is 2. The van der Waals surface area contributed by atoms with E-state index in [-0.39, 0.29) is 11.3 Å². The van der Waals surface area contributed by atoms with Crippen LogP contribution in [0.25, 0.3) is 0 Å². The lowest BCUT2D eigenvalue weighted by Crippen LogP contribution is -2.45. The van der Waals surface area contributed by atoms with Crippen molar-refractivity contribution >= 4 is 23.7 Å². The molecular weight excluding hydrogens is 369 g/mol. The maximum atomic E-state index is 13.1. The van der Waals surface area contributed by atoms with Crippen molar-refractivity contribution in [1.29, 1.82) is 0 Å². The first-order chi connectivity index (χ1) is 13.0. The van der Waals surface area contributed by atoms with Gasteiger partial charge in [-0.25, -0.2) is 4.90 Å². The molecule has 1 aliphatic heterocycles. The lowest BCUT2D eigenvalue weighted by molar-refractivity contribution is -0.137. The Labute approximate surface area is 160 Å². The maximum Gasteiger partial charge on any atom is 0.416 e. The number of hydrogen-bond acceptors (Lipinski definition) is 3. The van der Waals surface area contributed by atoms with Gasteiger partial charge in [-0.2, -0.15) is 13.2 Å². The zero-order valence-electron chi connectivity index (χ0n) is 15.6. The molecule has 0 fully saturated rings. The van der Waals surface area contributed by atoms with Crippen molar-refractivity contribution in [1.82, 2.24) is 0 Å². The summed E-state index contributed by atoms with van der Waals surface area (Å²) in [6, 6.07) is 10.8. The average molecular weight is 388 g/mol. The number of amides is 2. The van der Waals surface area contributed by atoms with Gasteiger partial charge in [-0.1, -0.05) is 24.3 Å². The second kappa shape index (κ2) is 6.89. The number of fused-ring (bicyclic) bond motifs is 1. The highest BCUT2D eigenvalue weighted by atomic mass is 19.4. The van der Waals surface area contributed by atoms with Crippen LogP contribution < -0.4 is 4.90 Å². The van der Waals surface area contributed by atoms with E-state index in [2.05, 4.69) is 4.99 Å². The van der Waals surface area contributed by atoms with E-state index < -0.39 is 35.0 Å². The second-order valence-electron chi connectivity index (χ2n) is 7.54. The Balaban J connectivity index is 2.13. The predicted octanol–water partition coefficient (Wildman–Crippen LogP) is 4.85. The minimum Gasteiger partial charge on any atom is -0.291 e. The van der Waals surface area contributed by atoms with Crippen molar-refractivity contribution in [2.45, 2.75) is 38.4 Å². The largest absolute Gasteiger partial charge is 0.416 e. The molecule has 0 radical (unpaired) electrons. The quantitative estimate of drug-likeness (QED) is 0.546. The fraction of sp³-hybridized carbons (Fsp3) is 0.286. The van der Waals surface area contributed by atoms with Crippen molar-refractivity contribution in [2.24, 2.45) is 4.99 Å². The van der Waals surface area contributed by atoms with Crippen LogP contribution in [0.4, 0.5) is 18.9 Å². The van der Waals surface area contributed by atoms with Crippen LogP contribution >= 0.6 is 0 Å². The summed E-state index contributed by atoms with van der Waals surface area (Å²) < 4.78 is 39.3. The number of rotatable bonds is 2. The molecule has 0 aliphatic carbocycles. The van der Waals surface area contributed by atoms with Gasteiger partial charge >= 0.3 is 6.18 Å². The first-order valence-electron chi connectivity index (χ1n) is 8.69. The van der Waals surface area contributed by atoms with Gasteiger partial charge in [0.2, 0.25) is 5.91 Å². The Morgan fingerprint density at radius 1 is 1.00 bits per heavy atom. The number of alkyl halides is 3. The summed E-state index contributed by atoms with van der Waals surface area (Å²) in [5, 5.41) is 0. The highest BCUT2D eigenvalue weighted by Crippen LogP contribution is 2.35. The first kappa shape index (κ1) is 19.8. The monoisotopic (exact) mass is 388 g/mol. The predicted molar refractivity (Wildman–Crippen MR) is 101 cm³/mol. The molecule has 146 valence electrons. The molecule has 2 amide bonds. The molecular formula is C21H19F3N2O2. The average Bonchev–Trinajstić information content (AvgIpc) is 2.60. The summed E-state index contributed by atoms with van der Waals surface area (Å²) >= 11 is 0. The van der Waals surface area contributed by atoms with Gasteiger partial charge in [0.15, 0.2) is 0 Å². The van der Waals surface area contributed by atoms with Gasteiger partial charge in [0.25, 0.3) is 5.91 Å². The lowest BCUT2D eigenvalue weighted by atomic mass is 9.88. The van der Waals surface area contributed by atoms with Gasteiger partial charge in [-0.15, -0.1) is 0 Å². The highest BCUT2D eigenvalue weighted by Gasteiger charge is 2.40. The molecule has 7 heteroatoms. The minimum atomic E-state index is -4.58. The summed E-state index contributed by atoms with van der Waals surface area (Å²) in [5.74, 6) is -2.14. The number of anilines is 1. The van der Waals surface area contributed by atoms with E-state index in [9.17, 15) is 22.8 Å². The Morgan fingerprint density at radius 3 is 2.32 bits per heavy atom. The zero-order valence-corrected chi connectivity index (χ0v) is 15.6. The third-order valence-electron chi connectivity index (χ3n) is 4.26. The fourth-order valence-corrected chi connectivity index (χ4v) is 2.96. The number of aliphatic imine (C=N–C) groups is 1. The lowest BCUT2D eigenvalue weighted by Gasteiger charge is -2.31. The van der Waals surface area contributed by atoms with Crippen LogP contribution in [0.3, 0.4) is 0 Å². The van der Waals surface area contributed by atoms with Gasteiger partial charge in [-0.05, 0) is 50.6 Å². The number of hydrogen-bond donors (Lipinski definition) is 0.